The summed E-state index contributed by atoms with van der Waals surface area (Å²) in [6.07, 6.45) is 0. The first kappa shape index (κ1) is 19.0. The largest absolute Gasteiger partial charge is 0.272 e. The second kappa shape index (κ2) is 8.37. The second-order valence-corrected chi connectivity index (χ2v) is 7.50. The van der Waals surface area contributed by atoms with Gasteiger partial charge in [-0.15, -0.1) is 0 Å². The van der Waals surface area contributed by atoms with E-state index in [0.29, 0.717) is 5.56 Å². The van der Waals surface area contributed by atoms with Crippen molar-refractivity contribution in [3.8, 4) is 11.3 Å². The minimum absolute atomic E-state index is 0.266. The molecule has 5 heteroatoms. The number of carbonyl (C=O) groups is 1. The molecule has 0 atom stereocenters. The first-order valence-electron chi connectivity index (χ1n) is 9.17. The molecule has 1 aromatic heterocycles. The Morgan fingerprint density at radius 1 is 0.931 bits per heavy atom. The van der Waals surface area contributed by atoms with E-state index in [1.807, 2.05) is 91.9 Å². The molecular weight excluding hydrogens is 426 g/mol. The molecule has 0 radical (unpaired) electrons. The van der Waals surface area contributed by atoms with Crippen LogP contribution in [-0.2, 0) is 0 Å². The third-order valence-corrected chi connectivity index (χ3v) is 5.15. The Balaban J connectivity index is 1.69. The molecule has 142 valence electrons. The molecule has 4 nitrogen and oxygen atoms in total. The Kier molecular flexibility index (Phi) is 5.49. The summed E-state index contributed by atoms with van der Waals surface area (Å²) in [4.78, 5) is 17.7. The number of benzene rings is 3. The van der Waals surface area contributed by atoms with Crippen molar-refractivity contribution in [1.29, 1.82) is 0 Å². The minimum Gasteiger partial charge on any atom is -0.267 e. The van der Waals surface area contributed by atoms with Gasteiger partial charge in [-0.25, -0.2) is 10.4 Å². The lowest BCUT2D eigenvalue weighted by Gasteiger charge is -2.09. The van der Waals surface area contributed by atoms with Crippen molar-refractivity contribution < 1.29 is 4.79 Å². The van der Waals surface area contributed by atoms with Crippen LogP contribution in [0.2, 0.25) is 0 Å². The zero-order valence-corrected chi connectivity index (χ0v) is 17.3. The number of fused-ring (bicyclic) bond motifs is 1. The van der Waals surface area contributed by atoms with Gasteiger partial charge in [0.15, 0.2) is 0 Å². The first-order valence-corrected chi connectivity index (χ1v) is 9.97. The quantitative estimate of drug-likeness (QED) is 0.319. The van der Waals surface area contributed by atoms with Gasteiger partial charge in [0.25, 0.3) is 5.91 Å². The van der Waals surface area contributed by atoms with Crippen molar-refractivity contribution in [3.05, 3.63) is 101 Å². The van der Waals surface area contributed by atoms with Crippen LogP contribution in [0, 0.1) is 0 Å². The third kappa shape index (κ3) is 4.25. The van der Waals surface area contributed by atoms with Crippen molar-refractivity contribution in [2.24, 2.45) is 5.10 Å². The van der Waals surface area contributed by atoms with Gasteiger partial charge in [-0.05, 0) is 36.8 Å². The maximum Gasteiger partial charge on any atom is 0.272 e. The van der Waals surface area contributed by atoms with Gasteiger partial charge in [-0.2, -0.15) is 5.10 Å². The lowest BCUT2D eigenvalue weighted by molar-refractivity contribution is 0.0956. The molecule has 0 saturated carbocycles. The fraction of sp³-hybridized carbons (Fsp3) is 0.0417. The number of rotatable bonds is 4. The molecule has 0 aliphatic carbocycles. The molecule has 1 N–H and O–H groups in total. The van der Waals surface area contributed by atoms with Crippen molar-refractivity contribution >= 4 is 38.5 Å². The topological polar surface area (TPSA) is 54.4 Å². The van der Waals surface area contributed by atoms with Crippen LogP contribution in [0.4, 0.5) is 0 Å². The Morgan fingerprint density at radius 3 is 2.38 bits per heavy atom. The molecule has 0 fully saturated rings. The molecule has 1 amide bonds. The van der Waals surface area contributed by atoms with E-state index in [-0.39, 0.29) is 5.91 Å². The zero-order chi connectivity index (χ0) is 20.2. The van der Waals surface area contributed by atoms with Gasteiger partial charge in [0, 0.05) is 15.4 Å². The molecular formula is C24H18BrN3O. The highest BCUT2D eigenvalue weighted by atomic mass is 79.9. The van der Waals surface area contributed by atoms with Crippen molar-refractivity contribution in [2.45, 2.75) is 6.92 Å². The summed E-state index contributed by atoms with van der Waals surface area (Å²) in [5, 5.41) is 5.08. The molecule has 0 bridgehead atoms. The number of para-hydroxylation sites is 1. The summed E-state index contributed by atoms with van der Waals surface area (Å²) in [5.74, 6) is -0.266. The number of carbonyl (C=O) groups excluding carboxylic acids is 1. The molecule has 0 aliphatic heterocycles. The molecule has 3 aromatic carbocycles. The number of nitrogens with one attached hydrogen (secondary N) is 1. The number of hydrazone groups is 1. The predicted octanol–water partition coefficient (Wildman–Crippen LogP) is 5.82. The van der Waals surface area contributed by atoms with Gasteiger partial charge in [0.05, 0.1) is 22.5 Å². The molecule has 4 rings (SSSR count). The van der Waals surface area contributed by atoms with Crippen molar-refractivity contribution in [2.75, 3.05) is 0 Å². The normalized spacial score (nSPS) is 11.4. The number of hydrogen-bond donors (Lipinski definition) is 1. The SMILES string of the molecule is C/C(=N\NC(=O)c1cc(-c2ccccc2)nc2ccccc12)c1ccc(Br)cc1. The van der Waals surface area contributed by atoms with E-state index in [9.17, 15) is 4.79 Å². The van der Waals surface area contributed by atoms with E-state index in [0.717, 1.165) is 37.9 Å². The van der Waals surface area contributed by atoms with Crippen molar-refractivity contribution in [1.82, 2.24) is 10.4 Å². The van der Waals surface area contributed by atoms with Crippen LogP contribution in [0.1, 0.15) is 22.8 Å². The number of pyridine rings is 1. The highest BCUT2D eigenvalue weighted by Gasteiger charge is 2.13. The molecule has 0 aliphatic rings. The van der Waals surface area contributed by atoms with Crippen LogP contribution < -0.4 is 5.43 Å². The minimum atomic E-state index is -0.266. The Morgan fingerprint density at radius 2 is 1.62 bits per heavy atom. The maximum atomic E-state index is 13.0. The van der Waals surface area contributed by atoms with E-state index < -0.39 is 0 Å². The highest BCUT2D eigenvalue weighted by Crippen LogP contribution is 2.24. The molecule has 0 unspecified atom stereocenters. The van der Waals surface area contributed by atoms with Gasteiger partial charge in [-0.3, -0.25) is 4.79 Å². The van der Waals surface area contributed by atoms with Crippen LogP contribution in [0.5, 0.6) is 0 Å². The van der Waals surface area contributed by atoms with Crippen LogP contribution in [0.25, 0.3) is 22.2 Å². The standard InChI is InChI=1S/C24H18BrN3O/c1-16(17-11-13-19(25)14-12-17)27-28-24(29)21-15-23(18-7-3-2-4-8-18)26-22-10-6-5-9-20(21)22/h2-15H,1H3,(H,28,29)/b27-16+. The van der Waals surface area contributed by atoms with Gasteiger partial charge in [0.2, 0.25) is 0 Å². The van der Waals surface area contributed by atoms with Gasteiger partial charge in [0.1, 0.15) is 0 Å². The smallest absolute Gasteiger partial charge is 0.267 e. The molecule has 29 heavy (non-hydrogen) atoms. The first-order chi connectivity index (χ1) is 14.1. The van der Waals surface area contributed by atoms with Crippen LogP contribution >= 0.6 is 15.9 Å². The Bertz CT molecular complexity index is 1200. The monoisotopic (exact) mass is 443 g/mol. The molecule has 4 aromatic rings. The van der Waals surface area contributed by atoms with Gasteiger partial charge in [-0.1, -0.05) is 76.6 Å². The lowest BCUT2D eigenvalue weighted by atomic mass is 10.0. The summed E-state index contributed by atoms with van der Waals surface area (Å²) in [6, 6.07) is 27.1. The fourth-order valence-corrected chi connectivity index (χ4v) is 3.33. The lowest BCUT2D eigenvalue weighted by Crippen LogP contribution is -2.20. The third-order valence-electron chi connectivity index (χ3n) is 4.62. The van der Waals surface area contributed by atoms with Crippen LogP contribution in [0.3, 0.4) is 0 Å². The number of aromatic nitrogens is 1. The summed E-state index contributed by atoms with van der Waals surface area (Å²) in [7, 11) is 0. The average Bonchev–Trinajstić information content (AvgIpc) is 2.77. The van der Waals surface area contributed by atoms with Crippen LogP contribution in [-0.4, -0.2) is 16.6 Å². The summed E-state index contributed by atoms with van der Waals surface area (Å²) >= 11 is 3.42. The van der Waals surface area contributed by atoms with E-state index in [1.54, 1.807) is 0 Å². The van der Waals surface area contributed by atoms with Gasteiger partial charge < -0.3 is 0 Å². The number of amides is 1. The predicted molar refractivity (Wildman–Crippen MR) is 121 cm³/mol. The van der Waals surface area contributed by atoms with E-state index >= 15 is 0 Å². The zero-order valence-electron chi connectivity index (χ0n) is 15.8. The Labute approximate surface area is 177 Å². The molecule has 0 saturated heterocycles. The summed E-state index contributed by atoms with van der Waals surface area (Å²) in [6.45, 7) is 1.86. The number of hydrogen-bond acceptors (Lipinski definition) is 3. The maximum absolute atomic E-state index is 13.0. The average molecular weight is 444 g/mol. The number of nitrogens with zero attached hydrogens (tertiary/aromatic N) is 2. The summed E-state index contributed by atoms with van der Waals surface area (Å²) in [5.41, 5.74) is 7.39. The fourth-order valence-electron chi connectivity index (χ4n) is 3.07. The highest BCUT2D eigenvalue weighted by molar-refractivity contribution is 9.10. The Hall–Kier alpha value is -3.31. The van der Waals surface area contributed by atoms with Gasteiger partial charge >= 0.3 is 0 Å². The number of halogens is 1. The molecule has 0 spiro atoms. The van der Waals surface area contributed by atoms with Crippen LogP contribution in [0.15, 0.2) is 94.5 Å². The summed E-state index contributed by atoms with van der Waals surface area (Å²) < 4.78 is 0.995. The molecule has 1 heterocycles. The van der Waals surface area contributed by atoms with E-state index in [2.05, 4.69) is 26.5 Å². The van der Waals surface area contributed by atoms with E-state index in [4.69, 9.17) is 4.98 Å². The van der Waals surface area contributed by atoms with E-state index in [1.165, 1.54) is 0 Å². The second-order valence-electron chi connectivity index (χ2n) is 6.58. The van der Waals surface area contributed by atoms with Crippen molar-refractivity contribution in [3.63, 3.8) is 0 Å².